The van der Waals surface area contributed by atoms with Crippen LogP contribution in [-0.4, -0.2) is 32.9 Å². The SMILES string of the molecule is CCC(CC)N(C)S(=O)(=O)c1cc(F)c(Cl)c(CNC)c1. The molecule has 0 unspecified atom stereocenters. The van der Waals surface area contributed by atoms with Crippen LogP contribution >= 0.6 is 11.6 Å². The molecule has 21 heavy (non-hydrogen) atoms. The van der Waals surface area contributed by atoms with Crippen molar-refractivity contribution in [2.45, 2.75) is 44.2 Å². The first-order valence-electron chi connectivity index (χ1n) is 6.90. The molecule has 120 valence electrons. The van der Waals surface area contributed by atoms with Crippen molar-refractivity contribution >= 4 is 21.6 Å². The minimum atomic E-state index is -3.74. The highest BCUT2D eigenvalue weighted by Gasteiger charge is 2.27. The Morgan fingerprint density at radius 2 is 1.90 bits per heavy atom. The average Bonchev–Trinajstić information content (AvgIpc) is 2.44. The van der Waals surface area contributed by atoms with Crippen molar-refractivity contribution in [3.63, 3.8) is 0 Å². The monoisotopic (exact) mass is 336 g/mol. The molecular formula is C14H22ClFN2O2S. The Labute approximate surface area is 131 Å². The minimum absolute atomic E-state index is 0.0477. The van der Waals surface area contributed by atoms with Gasteiger partial charge in [0.05, 0.1) is 9.92 Å². The van der Waals surface area contributed by atoms with Crippen molar-refractivity contribution in [2.24, 2.45) is 0 Å². The van der Waals surface area contributed by atoms with Crippen LogP contribution in [-0.2, 0) is 16.6 Å². The second kappa shape index (κ2) is 7.54. The molecule has 0 aliphatic heterocycles. The van der Waals surface area contributed by atoms with Crippen LogP contribution in [0.5, 0.6) is 0 Å². The second-order valence-electron chi connectivity index (χ2n) is 4.90. The van der Waals surface area contributed by atoms with E-state index < -0.39 is 15.8 Å². The van der Waals surface area contributed by atoms with E-state index in [-0.39, 0.29) is 16.0 Å². The van der Waals surface area contributed by atoms with Gasteiger partial charge in [0.25, 0.3) is 0 Å². The first kappa shape index (κ1) is 18.4. The third-order valence-corrected chi connectivity index (χ3v) is 5.89. The molecule has 0 aliphatic carbocycles. The largest absolute Gasteiger partial charge is 0.316 e. The van der Waals surface area contributed by atoms with E-state index in [1.54, 1.807) is 7.05 Å². The summed E-state index contributed by atoms with van der Waals surface area (Å²) in [5.74, 6) is -0.721. The number of sulfonamides is 1. The van der Waals surface area contributed by atoms with Crippen LogP contribution in [0.2, 0.25) is 5.02 Å². The molecule has 0 saturated heterocycles. The predicted octanol–water partition coefficient (Wildman–Crippen LogP) is 3.01. The molecule has 0 bridgehead atoms. The number of hydrogen-bond donors (Lipinski definition) is 1. The van der Waals surface area contributed by atoms with Crippen LogP contribution in [0.15, 0.2) is 17.0 Å². The molecular weight excluding hydrogens is 315 g/mol. The van der Waals surface area contributed by atoms with E-state index in [4.69, 9.17) is 11.6 Å². The Kier molecular flexibility index (Phi) is 6.59. The van der Waals surface area contributed by atoms with Gasteiger partial charge >= 0.3 is 0 Å². The fraction of sp³-hybridized carbons (Fsp3) is 0.571. The first-order valence-corrected chi connectivity index (χ1v) is 8.71. The molecule has 1 N–H and O–H groups in total. The highest BCUT2D eigenvalue weighted by molar-refractivity contribution is 7.89. The maximum absolute atomic E-state index is 13.9. The van der Waals surface area contributed by atoms with Crippen LogP contribution < -0.4 is 5.32 Å². The highest BCUT2D eigenvalue weighted by Crippen LogP contribution is 2.27. The normalized spacial score (nSPS) is 12.4. The van der Waals surface area contributed by atoms with Gasteiger partial charge in [-0.2, -0.15) is 4.31 Å². The molecule has 0 aromatic heterocycles. The molecule has 0 fully saturated rings. The Morgan fingerprint density at radius 1 is 1.33 bits per heavy atom. The van der Waals surface area contributed by atoms with Gasteiger partial charge < -0.3 is 5.32 Å². The summed E-state index contributed by atoms with van der Waals surface area (Å²) in [6.07, 6.45) is 1.40. The Hall–Kier alpha value is -0.690. The van der Waals surface area contributed by atoms with Crippen molar-refractivity contribution in [3.05, 3.63) is 28.5 Å². The number of nitrogens with zero attached hydrogens (tertiary/aromatic N) is 1. The van der Waals surface area contributed by atoms with Gasteiger partial charge in [0.1, 0.15) is 5.82 Å². The van der Waals surface area contributed by atoms with Gasteiger partial charge in [-0.1, -0.05) is 25.4 Å². The van der Waals surface area contributed by atoms with Crippen molar-refractivity contribution in [2.75, 3.05) is 14.1 Å². The quantitative estimate of drug-likeness (QED) is 0.832. The maximum atomic E-state index is 13.9. The highest BCUT2D eigenvalue weighted by atomic mass is 35.5. The molecule has 0 radical (unpaired) electrons. The zero-order valence-corrected chi connectivity index (χ0v) is 14.4. The zero-order chi connectivity index (χ0) is 16.2. The molecule has 0 amide bonds. The molecule has 0 aliphatic rings. The van der Waals surface area contributed by atoms with Crippen molar-refractivity contribution in [3.8, 4) is 0 Å². The van der Waals surface area contributed by atoms with Gasteiger partial charge in [0.15, 0.2) is 0 Å². The van der Waals surface area contributed by atoms with E-state index >= 15 is 0 Å². The van der Waals surface area contributed by atoms with Gasteiger partial charge in [-0.05, 0) is 37.6 Å². The van der Waals surface area contributed by atoms with Crippen molar-refractivity contribution < 1.29 is 12.8 Å². The smallest absolute Gasteiger partial charge is 0.243 e. The van der Waals surface area contributed by atoms with Crippen LogP contribution in [0.1, 0.15) is 32.3 Å². The van der Waals surface area contributed by atoms with E-state index in [0.717, 1.165) is 6.07 Å². The van der Waals surface area contributed by atoms with Crippen molar-refractivity contribution in [1.82, 2.24) is 9.62 Å². The molecule has 0 heterocycles. The molecule has 7 heteroatoms. The van der Waals surface area contributed by atoms with Crippen molar-refractivity contribution in [1.29, 1.82) is 0 Å². The van der Waals surface area contributed by atoms with E-state index in [1.165, 1.54) is 17.4 Å². The third-order valence-electron chi connectivity index (χ3n) is 3.58. The Bertz CT molecular complexity index is 589. The molecule has 4 nitrogen and oxygen atoms in total. The topological polar surface area (TPSA) is 49.4 Å². The summed E-state index contributed by atoms with van der Waals surface area (Å²) < 4.78 is 40.4. The fourth-order valence-corrected chi connectivity index (χ4v) is 3.99. The van der Waals surface area contributed by atoms with E-state index in [0.29, 0.717) is 24.9 Å². The molecule has 1 rings (SSSR count). The molecule has 0 atom stereocenters. The predicted molar refractivity (Wildman–Crippen MR) is 83.5 cm³/mol. The third kappa shape index (κ3) is 3.94. The lowest BCUT2D eigenvalue weighted by molar-refractivity contribution is 0.349. The minimum Gasteiger partial charge on any atom is -0.316 e. The van der Waals surface area contributed by atoms with E-state index in [2.05, 4.69) is 5.32 Å². The van der Waals surface area contributed by atoms with E-state index in [1.807, 2.05) is 13.8 Å². The van der Waals surface area contributed by atoms with Gasteiger partial charge in [0, 0.05) is 19.6 Å². The molecule has 1 aromatic rings. The van der Waals surface area contributed by atoms with Gasteiger partial charge in [-0.3, -0.25) is 0 Å². The molecule has 1 aromatic carbocycles. The summed E-state index contributed by atoms with van der Waals surface area (Å²) in [6, 6.07) is 2.30. The summed E-state index contributed by atoms with van der Waals surface area (Å²) in [5.41, 5.74) is 0.427. The average molecular weight is 337 g/mol. The summed E-state index contributed by atoms with van der Waals surface area (Å²) in [6.45, 7) is 4.15. The first-order chi connectivity index (χ1) is 9.79. The van der Waals surface area contributed by atoms with Crippen LogP contribution in [0.25, 0.3) is 0 Å². The lowest BCUT2D eigenvalue weighted by Crippen LogP contribution is -2.36. The Morgan fingerprint density at radius 3 is 2.38 bits per heavy atom. The lowest BCUT2D eigenvalue weighted by Gasteiger charge is -2.25. The maximum Gasteiger partial charge on any atom is 0.243 e. The standard InChI is InChI=1S/C14H22ClFN2O2S/c1-5-11(6-2)18(4)21(19,20)12-7-10(9-17-3)14(15)13(16)8-12/h7-8,11,17H,5-6,9H2,1-4H3. The van der Waals surface area contributed by atoms with Crippen LogP contribution in [0.4, 0.5) is 4.39 Å². The summed E-state index contributed by atoms with van der Waals surface area (Å²) in [4.78, 5) is -0.0657. The fourth-order valence-electron chi connectivity index (χ4n) is 2.25. The zero-order valence-electron chi connectivity index (χ0n) is 12.8. The number of nitrogens with one attached hydrogen (secondary N) is 1. The number of hydrogen-bond acceptors (Lipinski definition) is 3. The number of rotatable bonds is 7. The van der Waals surface area contributed by atoms with E-state index in [9.17, 15) is 12.8 Å². The van der Waals surface area contributed by atoms with Crippen LogP contribution in [0.3, 0.4) is 0 Å². The number of benzene rings is 1. The second-order valence-corrected chi connectivity index (χ2v) is 7.28. The summed E-state index contributed by atoms with van der Waals surface area (Å²) in [7, 11) is -0.524. The van der Waals surface area contributed by atoms with Crippen LogP contribution in [0, 0.1) is 5.82 Å². The summed E-state index contributed by atoms with van der Waals surface area (Å²) in [5, 5.41) is 2.80. The molecule has 0 saturated carbocycles. The Balaban J connectivity index is 3.31. The number of halogens is 2. The lowest BCUT2D eigenvalue weighted by atomic mass is 10.2. The van der Waals surface area contributed by atoms with Gasteiger partial charge in [-0.25, -0.2) is 12.8 Å². The molecule has 0 spiro atoms. The van der Waals surface area contributed by atoms with Gasteiger partial charge in [0.2, 0.25) is 10.0 Å². The van der Waals surface area contributed by atoms with Gasteiger partial charge in [-0.15, -0.1) is 0 Å². The summed E-state index contributed by atoms with van der Waals surface area (Å²) >= 11 is 5.87.